The molecular weight excluding hydrogens is 166 g/mol. The first-order valence-electron chi connectivity index (χ1n) is 4.98. The zero-order chi connectivity index (χ0) is 10.1. The second-order valence-electron chi connectivity index (χ2n) is 3.15. The Hall–Kier alpha value is -0.860. The fourth-order valence-corrected chi connectivity index (χ4v) is 1.26. The monoisotopic (exact) mass is 185 g/mol. The van der Waals surface area contributed by atoms with Gasteiger partial charge in [-0.25, -0.2) is 0 Å². The summed E-state index contributed by atoms with van der Waals surface area (Å²) in [7, 11) is 0. The summed E-state index contributed by atoms with van der Waals surface area (Å²) < 4.78 is 0. The molecule has 3 nitrogen and oxygen atoms in total. The van der Waals surface area contributed by atoms with Crippen LogP contribution in [0.15, 0.2) is 0 Å². The van der Waals surface area contributed by atoms with Crippen molar-refractivity contribution in [2.45, 2.75) is 52.0 Å². The Morgan fingerprint density at radius 2 is 2.08 bits per heavy atom. The van der Waals surface area contributed by atoms with Crippen molar-refractivity contribution in [2.24, 2.45) is 0 Å². The first-order chi connectivity index (χ1) is 6.26. The van der Waals surface area contributed by atoms with E-state index in [0.29, 0.717) is 12.8 Å². The zero-order valence-corrected chi connectivity index (χ0v) is 8.51. The van der Waals surface area contributed by atoms with Gasteiger partial charge in [0.15, 0.2) is 5.78 Å². The average Bonchev–Trinajstić information content (AvgIpc) is 2.16. The number of Topliss-reactive ketones (excluding diaryl/α,β-unsaturated/α-hetero) is 1. The van der Waals surface area contributed by atoms with Gasteiger partial charge in [-0.15, -0.1) is 0 Å². The van der Waals surface area contributed by atoms with Crippen molar-refractivity contribution < 1.29 is 9.59 Å². The van der Waals surface area contributed by atoms with Crippen LogP contribution in [-0.2, 0) is 9.59 Å². The second-order valence-corrected chi connectivity index (χ2v) is 3.15. The van der Waals surface area contributed by atoms with Crippen LogP contribution in [0.5, 0.6) is 0 Å². The largest absolute Gasteiger partial charge is 0.349 e. The van der Waals surface area contributed by atoms with Gasteiger partial charge in [0.2, 0.25) is 6.41 Å². The minimum Gasteiger partial charge on any atom is -0.349 e. The molecule has 76 valence electrons. The number of amides is 1. The van der Waals surface area contributed by atoms with Crippen molar-refractivity contribution in [1.29, 1.82) is 0 Å². The molecule has 0 aliphatic carbocycles. The normalized spacial score (nSPS) is 12.2. The Morgan fingerprint density at radius 1 is 1.38 bits per heavy atom. The van der Waals surface area contributed by atoms with Crippen molar-refractivity contribution in [2.75, 3.05) is 0 Å². The molecule has 1 N–H and O–H groups in total. The second kappa shape index (κ2) is 7.77. The summed E-state index contributed by atoms with van der Waals surface area (Å²) in [6.07, 6.45) is 5.15. The molecule has 0 spiro atoms. The fraction of sp³-hybridized carbons (Fsp3) is 0.800. The standard InChI is InChI=1S/C10H19NO2/c1-3-5-6-7-9(11-8-12)10(13)4-2/h8-9H,3-7H2,1-2H3,(H,11,12). The molecule has 0 heterocycles. The minimum absolute atomic E-state index is 0.128. The molecule has 3 heteroatoms. The van der Waals surface area contributed by atoms with Crippen LogP contribution in [0, 0.1) is 0 Å². The first kappa shape index (κ1) is 12.1. The van der Waals surface area contributed by atoms with E-state index in [1.54, 1.807) is 0 Å². The summed E-state index contributed by atoms with van der Waals surface area (Å²) in [4.78, 5) is 21.5. The van der Waals surface area contributed by atoms with E-state index >= 15 is 0 Å². The number of nitrogens with one attached hydrogen (secondary N) is 1. The van der Waals surface area contributed by atoms with Crippen LogP contribution >= 0.6 is 0 Å². The number of hydrogen-bond donors (Lipinski definition) is 1. The van der Waals surface area contributed by atoms with E-state index in [4.69, 9.17) is 0 Å². The molecule has 13 heavy (non-hydrogen) atoms. The van der Waals surface area contributed by atoms with Crippen molar-refractivity contribution in [3.63, 3.8) is 0 Å². The van der Waals surface area contributed by atoms with Crippen molar-refractivity contribution >= 4 is 12.2 Å². The van der Waals surface area contributed by atoms with Crippen LogP contribution in [0.4, 0.5) is 0 Å². The van der Waals surface area contributed by atoms with Gasteiger partial charge in [0.1, 0.15) is 0 Å². The Morgan fingerprint density at radius 3 is 2.54 bits per heavy atom. The molecule has 0 radical (unpaired) electrons. The predicted octanol–water partition coefficient (Wildman–Crippen LogP) is 1.66. The molecule has 0 aliphatic rings. The van der Waals surface area contributed by atoms with E-state index in [9.17, 15) is 9.59 Å². The molecule has 0 aliphatic heterocycles. The quantitative estimate of drug-likeness (QED) is 0.462. The number of ketones is 1. The third-order valence-corrected chi connectivity index (χ3v) is 2.10. The summed E-state index contributed by atoms with van der Waals surface area (Å²) in [5.41, 5.74) is 0. The number of hydrogen-bond acceptors (Lipinski definition) is 2. The van der Waals surface area contributed by atoms with Crippen molar-refractivity contribution in [3.05, 3.63) is 0 Å². The summed E-state index contributed by atoms with van der Waals surface area (Å²) in [6, 6.07) is -0.256. The van der Waals surface area contributed by atoms with E-state index in [1.807, 2.05) is 6.92 Å². The summed E-state index contributed by atoms with van der Waals surface area (Å²) in [5.74, 6) is 0.128. The summed E-state index contributed by atoms with van der Waals surface area (Å²) in [6.45, 7) is 3.94. The van der Waals surface area contributed by atoms with Gasteiger partial charge in [0, 0.05) is 6.42 Å². The molecule has 0 aromatic rings. The maximum Gasteiger partial charge on any atom is 0.207 e. The lowest BCUT2D eigenvalue weighted by Gasteiger charge is -2.13. The van der Waals surface area contributed by atoms with Gasteiger partial charge in [0.05, 0.1) is 6.04 Å². The molecule has 1 unspecified atom stereocenters. The molecule has 1 atom stereocenters. The third kappa shape index (κ3) is 5.39. The molecule has 0 bridgehead atoms. The molecule has 0 rings (SSSR count). The maximum atomic E-state index is 11.3. The summed E-state index contributed by atoms with van der Waals surface area (Å²) in [5, 5.41) is 2.56. The van der Waals surface area contributed by atoms with Crippen LogP contribution in [0.2, 0.25) is 0 Å². The van der Waals surface area contributed by atoms with Crippen LogP contribution < -0.4 is 5.32 Å². The Kier molecular flexibility index (Phi) is 7.26. The highest BCUT2D eigenvalue weighted by molar-refractivity contribution is 5.85. The highest BCUT2D eigenvalue weighted by atomic mass is 16.1. The molecule has 0 saturated carbocycles. The van der Waals surface area contributed by atoms with Crippen molar-refractivity contribution in [3.8, 4) is 0 Å². The third-order valence-electron chi connectivity index (χ3n) is 2.10. The zero-order valence-electron chi connectivity index (χ0n) is 8.51. The number of carbonyl (C=O) groups is 2. The molecule has 0 aromatic heterocycles. The van der Waals surface area contributed by atoms with Gasteiger partial charge in [0.25, 0.3) is 0 Å². The van der Waals surface area contributed by atoms with Gasteiger partial charge >= 0.3 is 0 Å². The lowest BCUT2D eigenvalue weighted by molar-refractivity contribution is -0.123. The number of carbonyl (C=O) groups excluding carboxylic acids is 2. The molecule has 0 saturated heterocycles. The lowest BCUT2D eigenvalue weighted by atomic mass is 10.0. The molecule has 0 fully saturated rings. The maximum absolute atomic E-state index is 11.3. The van der Waals surface area contributed by atoms with E-state index < -0.39 is 0 Å². The predicted molar refractivity (Wildman–Crippen MR) is 52.4 cm³/mol. The lowest BCUT2D eigenvalue weighted by Crippen LogP contribution is -2.35. The summed E-state index contributed by atoms with van der Waals surface area (Å²) >= 11 is 0. The van der Waals surface area contributed by atoms with Gasteiger partial charge in [-0.3, -0.25) is 9.59 Å². The topological polar surface area (TPSA) is 46.2 Å². The van der Waals surface area contributed by atoms with Crippen LogP contribution in [0.25, 0.3) is 0 Å². The Balaban J connectivity index is 3.79. The van der Waals surface area contributed by atoms with E-state index in [-0.39, 0.29) is 11.8 Å². The molecule has 1 amide bonds. The SMILES string of the molecule is CCCCCC(NC=O)C(=O)CC. The van der Waals surface area contributed by atoms with E-state index in [0.717, 1.165) is 25.7 Å². The Bertz CT molecular complexity index is 157. The Labute approximate surface area is 79.9 Å². The number of unbranched alkanes of at least 4 members (excludes halogenated alkanes) is 2. The van der Waals surface area contributed by atoms with Gasteiger partial charge < -0.3 is 5.32 Å². The van der Waals surface area contributed by atoms with E-state index in [2.05, 4.69) is 12.2 Å². The van der Waals surface area contributed by atoms with E-state index in [1.165, 1.54) is 0 Å². The van der Waals surface area contributed by atoms with Crippen LogP contribution in [-0.4, -0.2) is 18.2 Å². The van der Waals surface area contributed by atoms with Crippen molar-refractivity contribution in [1.82, 2.24) is 5.32 Å². The average molecular weight is 185 g/mol. The van der Waals surface area contributed by atoms with Crippen LogP contribution in [0.3, 0.4) is 0 Å². The highest BCUT2D eigenvalue weighted by Crippen LogP contribution is 2.05. The number of rotatable bonds is 8. The smallest absolute Gasteiger partial charge is 0.207 e. The highest BCUT2D eigenvalue weighted by Gasteiger charge is 2.14. The molecule has 0 aromatic carbocycles. The van der Waals surface area contributed by atoms with Crippen LogP contribution in [0.1, 0.15) is 46.0 Å². The van der Waals surface area contributed by atoms with Gasteiger partial charge in [-0.05, 0) is 6.42 Å². The first-order valence-corrected chi connectivity index (χ1v) is 4.98. The van der Waals surface area contributed by atoms with Gasteiger partial charge in [-0.1, -0.05) is 33.1 Å². The molecular formula is C10H19NO2. The fourth-order valence-electron chi connectivity index (χ4n) is 1.26. The minimum atomic E-state index is -0.256. The van der Waals surface area contributed by atoms with Gasteiger partial charge in [-0.2, -0.15) is 0 Å².